The molecule has 25 heavy (non-hydrogen) atoms. The summed E-state index contributed by atoms with van der Waals surface area (Å²) in [4.78, 5) is 4.49. The number of fused-ring (bicyclic) bond motifs is 1. The zero-order chi connectivity index (χ0) is 17.4. The van der Waals surface area contributed by atoms with E-state index in [4.69, 9.17) is 4.74 Å². The molecule has 0 spiro atoms. The van der Waals surface area contributed by atoms with E-state index in [2.05, 4.69) is 20.9 Å². The zero-order valence-corrected chi connectivity index (χ0v) is 16.4. The first-order valence-corrected chi connectivity index (χ1v) is 10.9. The molecule has 5 nitrogen and oxygen atoms in total. The highest BCUT2D eigenvalue weighted by Gasteiger charge is 2.34. The third-order valence-electron chi connectivity index (χ3n) is 4.11. The van der Waals surface area contributed by atoms with E-state index in [9.17, 15) is 8.42 Å². The summed E-state index contributed by atoms with van der Waals surface area (Å²) in [5.41, 5.74) is 0.867. The van der Waals surface area contributed by atoms with Crippen LogP contribution in [0.15, 0.2) is 56.5 Å². The first kappa shape index (κ1) is 17.0. The van der Waals surface area contributed by atoms with Crippen molar-refractivity contribution >= 4 is 48.2 Å². The van der Waals surface area contributed by atoms with Gasteiger partial charge >= 0.3 is 0 Å². The second-order valence-electron chi connectivity index (χ2n) is 5.79. The first-order valence-electron chi connectivity index (χ1n) is 7.80. The number of benzene rings is 1. The van der Waals surface area contributed by atoms with Gasteiger partial charge in [-0.1, -0.05) is 18.2 Å². The highest BCUT2D eigenvalue weighted by Crippen LogP contribution is 2.31. The quantitative estimate of drug-likeness (QED) is 0.619. The van der Waals surface area contributed by atoms with Crippen molar-refractivity contribution in [3.63, 3.8) is 0 Å². The van der Waals surface area contributed by atoms with Gasteiger partial charge in [-0.25, -0.2) is 13.4 Å². The molecule has 1 aliphatic heterocycles. The maximum absolute atomic E-state index is 12.7. The Labute approximate surface area is 158 Å². The summed E-state index contributed by atoms with van der Waals surface area (Å²) >= 11 is 4.53. The van der Waals surface area contributed by atoms with Crippen molar-refractivity contribution in [3.8, 4) is 5.88 Å². The number of pyridine rings is 1. The molecular formula is C17H15BrN2O3S2. The number of sulfonamides is 1. The third-order valence-corrected chi connectivity index (χ3v) is 8.07. The monoisotopic (exact) mass is 438 g/mol. The van der Waals surface area contributed by atoms with Crippen molar-refractivity contribution in [1.29, 1.82) is 0 Å². The van der Waals surface area contributed by atoms with Gasteiger partial charge in [0.2, 0.25) is 5.88 Å². The summed E-state index contributed by atoms with van der Waals surface area (Å²) < 4.78 is 33.9. The first-order chi connectivity index (χ1) is 12.0. The van der Waals surface area contributed by atoms with E-state index in [1.165, 1.54) is 15.6 Å². The van der Waals surface area contributed by atoms with Gasteiger partial charge in [-0.2, -0.15) is 4.31 Å². The van der Waals surface area contributed by atoms with Gasteiger partial charge in [-0.15, -0.1) is 11.3 Å². The van der Waals surface area contributed by atoms with Crippen LogP contribution >= 0.6 is 27.3 Å². The van der Waals surface area contributed by atoms with Crippen LogP contribution in [-0.2, 0) is 10.0 Å². The second-order valence-corrected chi connectivity index (χ2v) is 10.4. The number of rotatable bonds is 4. The molecule has 1 saturated heterocycles. The Bertz CT molecular complexity index is 1020. The van der Waals surface area contributed by atoms with Gasteiger partial charge in [0.05, 0.1) is 15.8 Å². The van der Waals surface area contributed by atoms with E-state index in [1.807, 2.05) is 36.4 Å². The fraction of sp³-hybridized carbons (Fsp3) is 0.235. The minimum absolute atomic E-state index is 0.188. The minimum atomic E-state index is -3.46. The number of hydrogen-bond acceptors (Lipinski definition) is 5. The number of para-hydroxylation sites is 1. The molecule has 2 aromatic heterocycles. The lowest BCUT2D eigenvalue weighted by Gasteiger charge is -2.16. The standard InChI is InChI=1S/C17H15BrN2O3S2/c18-15-6-8-17(24-15)25(21,22)20-10-9-13(11-20)23-16-7-5-12-3-1-2-4-14(12)19-16/h1-8,13H,9-11H2. The smallest absolute Gasteiger partial charge is 0.252 e. The van der Waals surface area contributed by atoms with Gasteiger partial charge in [0.25, 0.3) is 10.0 Å². The van der Waals surface area contributed by atoms with Crippen molar-refractivity contribution in [2.75, 3.05) is 13.1 Å². The Hall–Kier alpha value is -1.48. The lowest BCUT2D eigenvalue weighted by Crippen LogP contribution is -2.30. The molecule has 8 heteroatoms. The van der Waals surface area contributed by atoms with Gasteiger partial charge in [0.1, 0.15) is 10.3 Å². The van der Waals surface area contributed by atoms with E-state index in [-0.39, 0.29) is 6.10 Å². The summed E-state index contributed by atoms with van der Waals surface area (Å²) in [6.45, 7) is 0.794. The lowest BCUT2D eigenvalue weighted by atomic mass is 10.2. The normalized spacial score (nSPS) is 18.7. The second kappa shape index (κ2) is 6.68. The number of thiophene rings is 1. The van der Waals surface area contributed by atoms with E-state index in [1.54, 1.807) is 12.1 Å². The molecule has 0 bridgehead atoms. The maximum atomic E-state index is 12.7. The molecule has 3 aromatic rings. The van der Waals surface area contributed by atoms with E-state index >= 15 is 0 Å². The summed E-state index contributed by atoms with van der Waals surface area (Å²) in [6.07, 6.45) is 0.465. The Morgan fingerprint density at radius 2 is 2.00 bits per heavy atom. The van der Waals surface area contributed by atoms with Crippen molar-refractivity contribution in [2.24, 2.45) is 0 Å². The van der Waals surface area contributed by atoms with Crippen molar-refractivity contribution in [1.82, 2.24) is 9.29 Å². The van der Waals surface area contributed by atoms with Crippen molar-refractivity contribution in [2.45, 2.75) is 16.7 Å². The molecule has 1 aliphatic rings. The Balaban J connectivity index is 1.48. The SMILES string of the molecule is O=S(=O)(c1ccc(Br)s1)N1CCC(Oc2ccc3ccccc3n2)C1. The van der Waals surface area contributed by atoms with E-state index in [0.717, 1.165) is 14.7 Å². The summed E-state index contributed by atoms with van der Waals surface area (Å²) in [5, 5.41) is 1.05. The number of aromatic nitrogens is 1. The predicted molar refractivity (Wildman–Crippen MR) is 102 cm³/mol. The lowest BCUT2D eigenvalue weighted by molar-refractivity contribution is 0.207. The molecule has 1 atom stereocenters. The molecule has 0 radical (unpaired) electrons. The molecule has 0 amide bonds. The average molecular weight is 439 g/mol. The Morgan fingerprint density at radius 1 is 1.16 bits per heavy atom. The van der Waals surface area contributed by atoms with Crippen LogP contribution in [0.4, 0.5) is 0 Å². The summed E-state index contributed by atoms with van der Waals surface area (Å²) in [7, 11) is -3.46. The molecular weight excluding hydrogens is 424 g/mol. The average Bonchev–Trinajstić information content (AvgIpc) is 3.24. The topological polar surface area (TPSA) is 59.5 Å². The van der Waals surface area contributed by atoms with Gasteiger partial charge in [-0.3, -0.25) is 0 Å². The van der Waals surface area contributed by atoms with E-state index < -0.39 is 10.0 Å². The largest absolute Gasteiger partial charge is 0.473 e. The number of halogens is 1. The van der Waals surface area contributed by atoms with Crippen LogP contribution in [0, 0.1) is 0 Å². The molecule has 0 aliphatic carbocycles. The van der Waals surface area contributed by atoms with Crippen molar-refractivity contribution in [3.05, 3.63) is 52.3 Å². The fourth-order valence-electron chi connectivity index (χ4n) is 2.86. The van der Waals surface area contributed by atoms with Crippen LogP contribution in [0.5, 0.6) is 5.88 Å². The number of nitrogens with zero attached hydrogens (tertiary/aromatic N) is 2. The maximum Gasteiger partial charge on any atom is 0.252 e. The zero-order valence-electron chi connectivity index (χ0n) is 13.1. The van der Waals surface area contributed by atoms with E-state index in [0.29, 0.717) is 29.6 Å². The summed E-state index contributed by atoms with van der Waals surface area (Å²) in [6, 6.07) is 15.0. The molecule has 1 unspecified atom stereocenters. The van der Waals surface area contributed by atoms with Crippen LogP contribution < -0.4 is 4.74 Å². The minimum Gasteiger partial charge on any atom is -0.473 e. The van der Waals surface area contributed by atoms with Gasteiger partial charge in [-0.05, 0) is 46.6 Å². The summed E-state index contributed by atoms with van der Waals surface area (Å²) in [5.74, 6) is 0.529. The molecule has 0 saturated carbocycles. The highest BCUT2D eigenvalue weighted by molar-refractivity contribution is 9.11. The Kier molecular flexibility index (Phi) is 4.53. The predicted octanol–water partition coefficient (Wildman–Crippen LogP) is 3.90. The molecule has 4 rings (SSSR count). The van der Waals surface area contributed by atoms with Crippen LogP contribution in [0.25, 0.3) is 10.9 Å². The van der Waals surface area contributed by atoms with Gasteiger partial charge < -0.3 is 4.74 Å². The molecule has 3 heterocycles. The van der Waals surface area contributed by atoms with Crippen LogP contribution in [0.3, 0.4) is 0 Å². The Morgan fingerprint density at radius 3 is 2.80 bits per heavy atom. The van der Waals surface area contributed by atoms with Gasteiger partial charge in [0, 0.05) is 18.0 Å². The molecule has 130 valence electrons. The fourth-order valence-corrected chi connectivity index (χ4v) is 6.51. The molecule has 1 aromatic carbocycles. The highest BCUT2D eigenvalue weighted by atomic mass is 79.9. The van der Waals surface area contributed by atoms with Crippen LogP contribution in [0.2, 0.25) is 0 Å². The van der Waals surface area contributed by atoms with Crippen LogP contribution in [-0.4, -0.2) is 36.9 Å². The number of hydrogen-bond donors (Lipinski definition) is 0. The van der Waals surface area contributed by atoms with Gasteiger partial charge in [0.15, 0.2) is 0 Å². The molecule has 0 N–H and O–H groups in total. The molecule has 1 fully saturated rings. The van der Waals surface area contributed by atoms with Crippen molar-refractivity contribution < 1.29 is 13.2 Å². The third kappa shape index (κ3) is 3.44. The van der Waals surface area contributed by atoms with Crippen LogP contribution in [0.1, 0.15) is 6.42 Å². The number of ether oxygens (including phenoxy) is 1.